The summed E-state index contributed by atoms with van der Waals surface area (Å²) in [5.74, 6) is 0.867. The molecule has 0 spiro atoms. The molecule has 2 rings (SSSR count). The molecule has 0 atom stereocenters. The van der Waals surface area contributed by atoms with E-state index in [4.69, 9.17) is 11.6 Å². The molecule has 1 heterocycles. The maximum absolute atomic E-state index is 10.5. The van der Waals surface area contributed by atoms with E-state index in [-0.39, 0.29) is 11.6 Å². The molecule has 2 aromatic rings. The summed E-state index contributed by atoms with van der Waals surface area (Å²) >= 11 is 5.67. The van der Waals surface area contributed by atoms with E-state index in [2.05, 4.69) is 15.5 Å². The number of aromatic nitrogens is 4. The number of nitro groups is 1. The molecule has 0 aliphatic heterocycles. The number of nitrogens with zero attached hydrogens (tertiary/aromatic N) is 5. The minimum absolute atomic E-state index is 0.0858. The standard InChI is InChI=1S/C10H10ClN5O2/c11-7-10-12-13-14-15(10)6-5-8-1-3-9(4-2-8)16(17)18/h1-4H,5-7H2. The largest absolute Gasteiger partial charge is 0.269 e. The fourth-order valence-electron chi connectivity index (χ4n) is 1.51. The number of benzene rings is 1. The first-order valence-corrected chi connectivity index (χ1v) is 5.78. The van der Waals surface area contributed by atoms with Crippen molar-refractivity contribution in [1.82, 2.24) is 20.2 Å². The third-order valence-electron chi connectivity index (χ3n) is 2.49. The zero-order valence-corrected chi connectivity index (χ0v) is 10.1. The lowest BCUT2D eigenvalue weighted by Gasteiger charge is -2.02. The molecule has 7 nitrogen and oxygen atoms in total. The monoisotopic (exact) mass is 267 g/mol. The van der Waals surface area contributed by atoms with Gasteiger partial charge in [-0.2, -0.15) is 0 Å². The van der Waals surface area contributed by atoms with Gasteiger partial charge in [-0.3, -0.25) is 10.1 Å². The molecule has 8 heteroatoms. The van der Waals surface area contributed by atoms with Gasteiger partial charge in [0.2, 0.25) is 0 Å². The van der Waals surface area contributed by atoms with Crippen molar-refractivity contribution < 1.29 is 4.92 Å². The first-order chi connectivity index (χ1) is 8.70. The van der Waals surface area contributed by atoms with Gasteiger partial charge in [-0.1, -0.05) is 12.1 Å². The highest BCUT2D eigenvalue weighted by Crippen LogP contribution is 2.12. The number of non-ortho nitro benzene ring substituents is 1. The maximum atomic E-state index is 10.5. The quantitative estimate of drug-likeness (QED) is 0.466. The van der Waals surface area contributed by atoms with Gasteiger partial charge in [0, 0.05) is 18.7 Å². The topological polar surface area (TPSA) is 86.7 Å². The van der Waals surface area contributed by atoms with Crippen molar-refractivity contribution in [3.63, 3.8) is 0 Å². The smallest absolute Gasteiger partial charge is 0.258 e. The van der Waals surface area contributed by atoms with Crippen molar-refractivity contribution in [2.75, 3.05) is 0 Å². The Balaban J connectivity index is 2.00. The molecule has 0 aliphatic carbocycles. The minimum Gasteiger partial charge on any atom is -0.258 e. The third-order valence-corrected chi connectivity index (χ3v) is 2.72. The lowest BCUT2D eigenvalue weighted by atomic mass is 10.1. The molecule has 0 unspecified atom stereocenters. The lowest BCUT2D eigenvalue weighted by Crippen LogP contribution is -2.07. The van der Waals surface area contributed by atoms with Gasteiger partial charge in [0.05, 0.1) is 10.8 Å². The molecule has 0 amide bonds. The highest BCUT2D eigenvalue weighted by molar-refractivity contribution is 6.16. The Bertz CT molecular complexity index is 539. The predicted molar refractivity (Wildman–Crippen MR) is 64.2 cm³/mol. The third kappa shape index (κ3) is 2.80. The molecule has 0 saturated heterocycles. The van der Waals surface area contributed by atoms with Gasteiger partial charge in [-0.05, 0) is 22.4 Å². The summed E-state index contributed by atoms with van der Waals surface area (Å²) in [4.78, 5) is 10.1. The van der Waals surface area contributed by atoms with Crippen LogP contribution < -0.4 is 0 Å². The zero-order chi connectivity index (χ0) is 13.0. The Morgan fingerprint density at radius 3 is 2.67 bits per heavy atom. The van der Waals surface area contributed by atoms with Crippen LogP contribution in [0.5, 0.6) is 0 Å². The first kappa shape index (κ1) is 12.4. The number of hydrogen-bond donors (Lipinski definition) is 0. The van der Waals surface area contributed by atoms with E-state index in [9.17, 15) is 10.1 Å². The van der Waals surface area contributed by atoms with Crippen LogP contribution in [0.15, 0.2) is 24.3 Å². The van der Waals surface area contributed by atoms with Crippen LogP contribution in [-0.2, 0) is 18.8 Å². The van der Waals surface area contributed by atoms with E-state index in [1.54, 1.807) is 16.8 Å². The van der Waals surface area contributed by atoms with Crippen molar-refractivity contribution in [2.24, 2.45) is 0 Å². The molecular formula is C10H10ClN5O2. The molecule has 0 N–H and O–H groups in total. The molecular weight excluding hydrogens is 258 g/mol. The molecule has 0 bridgehead atoms. The van der Waals surface area contributed by atoms with E-state index in [0.717, 1.165) is 5.56 Å². The van der Waals surface area contributed by atoms with Crippen molar-refractivity contribution in [3.05, 3.63) is 45.8 Å². The second-order valence-electron chi connectivity index (χ2n) is 3.63. The Morgan fingerprint density at radius 2 is 2.06 bits per heavy atom. The molecule has 0 fully saturated rings. The van der Waals surface area contributed by atoms with Crippen LogP contribution in [0.1, 0.15) is 11.4 Å². The fraction of sp³-hybridized carbons (Fsp3) is 0.300. The SMILES string of the molecule is O=[N+]([O-])c1ccc(CCn2nnnc2CCl)cc1. The van der Waals surface area contributed by atoms with Crippen LogP contribution in [-0.4, -0.2) is 25.1 Å². The fourth-order valence-corrected chi connectivity index (χ4v) is 1.70. The van der Waals surface area contributed by atoms with E-state index in [0.29, 0.717) is 18.8 Å². The molecule has 94 valence electrons. The predicted octanol–water partition coefficient (Wildman–Crippen LogP) is 1.56. The van der Waals surface area contributed by atoms with Gasteiger partial charge < -0.3 is 0 Å². The number of rotatable bonds is 5. The van der Waals surface area contributed by atoms with Gasteiger partial charge >= 0.3 is 0 Å². The minimum atomic E-state index is -0.420. The number of alkyl halides is 1. The van der Waals surface area contributed by atoms with Gasteiger partial charge in [0.15, 0.2) is 5.82 Å². The Hall–Kier alpha value is -2.02. The summed E-state index contributed by atoms with van der Waals surface area (Å²) < 4.78 is 1.62. The highest BCUT2D eigenvalue weighted by Gasteiger charge is 2.06. The van der Waals surface area contributed by atoms with Gasteiger partial charge in [-0.15, -0.1) is 16.7 Å². The van der Waals surface area contributed by atoms with Gasteiger partial charge in [0.25, 0.3) is 5.69 Å². The summed E-state index contributed by atoms with van der Waals surface area (Å²) in [6, 6.07) is 6.42. The Morgan fingerprint density at radius 1 is 1.33 bits per heavy atom. The second kappa shape index (κ2) is 5.54. The normalized spacial score (nSPS) is 10.5. The van der Waals surface area contributed by atoms with Crippen molar-refractivity contribution in [2.45, 2.75) is 18.8 Å². The van der Waals surface area contributed by atoms with E-state index in [1.807, 2.05) is 0 Å². The summed E-state index contributed by atoms with van der Waals surface area (Å²) in [7, 11) is 0. The zero-order valence-electron chi connectivity index (χ0n) is 9.36. The number of nitro benzene ring substituents is 1. The van der Waals surface area contributed by atoms with Crippen molar-refractivity contribution in [1.29, 1.82) is 0 Å². The van der Waals surface area contributed by atoms with E-state index >= 15 is 0 Å². The Kier molecular flexibility index (Phi) is 3.83. The second-order valence-corrected chi connectivity index (χ2v) is 3.89. The molecule has 1 aromatic heterocycles. The Labute approximate surface area is 108 Å². The molecule has 1 aromatic carbocycles. The van der Waals surface area contributed by atoms with Crippen LogP contribution in [0.25, 0.3) is 0 Å². The lowest BCUT2D eigenvalue weighted by molar-refractivity contribution is -0.384. The summed E-state index contributed by atoms with van der Waals surface area (Å²) in [5.41, 5.74) is 1.07. The molecule has 0 saturated carbocycles. The maximum Gasteiger partial charge on any atom is 0.269 e. The average Bonchev–Trinajstić information content (AvgIpc) is 2.84. The van der Waals surface area contributed by atoms with E-state index in [1.165, 1.54) is 12.1 Å². The summed E-state index contributed by atoms with van der Waals surface area (Å²) in [6.07, 6.45) is 0.687. The van der Waals surface area contributed by atoms with Crippen LogP contribution >= 0.6 is 11.6 Å². The van der Waals surface area contributed by atoms with Crippen LogP contribution in [0.2, 0.25) is 0 Å². The van der Waals surface area contributed by atoms with Crippen LogP contribution in [0.3, 0.4) is 0 Å². The van der Waals surface area contributed by atoms with Gasteiger partial charge in [0.1, 0.15) is 0 Å². The number of aryl methyl sites for hydroxylation is 2. The summed E-state index contributed by atoms with van der Waals surface area (Å²) in [6.45, 7) is 0.590. The van der Waals surface area contributed by atoms with Crippen molar-refractivity contribution >= 4 is 17.3 Å². The van der Waals surface area contributed by atoms with Crippen molar-refractivity contribution in [3.8, 4) is 0 Å². The average molecular weight is 268 g/mol. The number of hydrogen-bond acceptors (Lipinski definition) is 5. The molecule has 0 radical (unpaired) electrons. The van der Waals surface area contributed by atoms with Crippen LogP contribution in [0, 0.1) is 10.1 Å². The molecule has 0 aliphatic rings. The number of halogens is 1. The van der Waals surface area contributed by atoms with Crippen LogP contribution in [0.4, 0.5) is 5.69 Å². The first-order valence-electron chi connectivity index (χ1n) is 5.25. The highest BCUT2D eigenvalue weighted by atomic mass is 35.5. The number of tetrazole rings is 1. The summed E-state index contributed by atoms with van der Waals surface area (Å²) in [5, 5.41) is 21.6. The molecule has 18 heavy (non-hydrogen) atoms. The van der Waals surface area contributed by atoms with Gasteiger partial charge in [-0.25, -0.2) is 4.68 Å². The van der Waals surface area contributed by atoms with E-state index < -0.39 is 4.92 Å².